The number of esters is 1. The van der Waals surface area contributed by atoms with E-state index in [2.05, 4.69) is 5.32 Å². The van der Waals surface area contributed by atoms with Crippen LogP contribution in [0.2, 0.25) is 0 Å². The Kier molecular flexibility index (Phi) is 4.04. The van der Waals surface area contributed by atoms with Gasteiger partial charge in [0.1, 0.15) is 15.3 Å². The third-order valence-electron chi connectivity index (χ3n) is 4.79. The molecule has 1 aromatic carbocycles. The van der Waals surface area contributed by atoms with Gasteiger partial charge in [-0.3, -0.25) is 19.3 Å². The summed E-state index contributed by atoms with van der Waals surface area (Å²) in [5.41, 5.74) is -1.05. The highest BCUT2D eigenvalue weighted by atomic mass is 35.5. The fourth-order valence-electron chi connectivity index (χ4n) is 2.87. The predicted molar refractivity (Wildman–Crippen MR) is 94.8 cm³/mol. The van der Waals surface area contributed by atoms with Crippen LogP contribution in [0, 0.1) is 5.41 Å². The van der Waals surface area contributed by atoms with Crippen molar-refractivity contribution in [2.24, 2.45) is 5.41 Å². The molecule has 0 bridgehead atoms. The molecule has 1 aromatic rings. The van der Waals surface area contributed by atoms with Crippen LogP contribution in [0.4, 0.5) is 11.4 Å². The molecular formula is C17H18Cl2N2O4. The molecule has 1 N–H and O–H groups in total. The number of nitrogens with one attached hydrogen (secondary N) is 1. The topological polar surface area (TPSA) is 75.7 Å². The summed E-state index contributed by atoms with van der Waals surface area (Å²) < 4.78 is 3.97. The van der Waals surface area contributed by atoms with Gasteiger partial charge in [0.15, 0.2) is 6.61 Å². The van der Waals surface area contributed by atoms with Crippen molar-refractivity contribution in [3.05, 3.63) is 24.3 Å². The number of para-hydroxylation sites is 2. The van der Waals surface area contributed by atoms with Gasteiger partial charge >= 0.3 is 5.97 Å². The number of ether oxygens (including phenoxy) is 1. The lowest BCUT2D eigenvalue weighted by Gasteiger charge is -2.41. The molecule has 0 spiro atoms. The highest BCUT2D eigenvalue weighted by Crippen LogP contribution is 2.64. The number of benzene rings is 1. The highest BCUT2D eigenvalue weighted by molar-refractivity contribution is 6.53. The van der Waals surface area contributed by atoms with Crippen LogP contribution in [0.5, 0.6) is 0 Å². The number of carbonyl (C=O) groups excluding carboxylic acids is 3. The van der Waals surface area contributed by atoms with E-state index in [1.807, 2.05) is 0 Å². The second-order valence-electron chi connectivity index (χ2n) is 7.05. The molecule has 25 heavy (non-hydrogen) atoms. The first kappa shape index (κ1) is 18.0. The van der Waals surface area contributed by atoms with E-state index in [0.717, 1.165) is 0 Å². The Hall–Kier alpha value is -1.79. The molecule has 1 aliphatic heterocycles. The van der Waals surface area contributed by atoms with E-state index in [9.17, 15) is 14.4 Å². The van der Waals surface area contributed by atoms with Crippen molar-refractivity contribution in [1.29, 1.82) is 0 Å². The number of anilines is 2. The first-order valence-corrected chi connectivity index (χ1v) is 8.55. The van der Waals surface area contributed by atoms with Crippen molar-refractivity contribution in [1.82, 2.24) is 0 Å². The van der Waals surface area contributed by atoms with Gasteiger partial charge in [-0.15, -0.1) is 23.2 Å². The number of hydrogen-bond donors (Lipinski definition) is 1. The minimum absolute atomic E-state index is 0.274. The minimum atomic E-state index is -1.16. The number of carbonyl (C=O) groups is 3. The Bertz CT molecular complexity index is 778. The van der Waals surface area contributed by atoms with Crippen molar-refractivity contribution in [2.75, 3.05) is 16.8 Å². The van der Waals surface area contributed by atoms with Crippen molar-refractivity contribution < 1.29 is 19.1 Å². The number of fused-ring (bicyclic) bond motifs is 1. The number of nitrogens with zero attached hydrogens (tertiary/aromatic N) is 1. The lowest BCUT2D eigenvalue weighted by Crippen LogP contribution is -2.59. The summed E-state index contributed by atoms with van der Waals surface area (Å²) >= 11 is 11.9. The number of amides is 2. The molecule has 1 aliphatic carbocycles. The van der Waals surface area contributed by atoms with Crippen LogP contribution >= 0.6 is 23.2 Å². The summed E-state index contributed by atoms with van der Waals surface area (Å²) in [7, 11) is 0. The zero-order valence-corrected chi connectivity index (χ0v) is 15.6. The molecule has 6 nitrogen and oxygen atoms in total. The number of rotatable bonds is 3. The fourth-order valence-corrected chi connectivity index (χ4v) is 3.56. The van der Waals surface area contributed by atoms with Crippen LogP contribution in [0.15, 0.2) is 24.3 Å². The molecule has 0 saturated heterocycles. The predicted octanol–water partition coefficient (Wildman–Crippen LogP) is 2.88. The summed E-state index contributed by atoms with van der Waals surface area (Å²) in [6.07, 6.45) is 0.274. The number of halogens is 2. The van der Waals surface area contributed by atoms with Crippen LogP contribution in [-0.2, 0) is 19.1 Å². The van der Waals surface area contributed by atoms with Gasteiger partial charge in [0.05, 0.1) is 11.4 Å². The van der Waals surface area contributed by atoms with Crippen LogP contribution in [0.1, 0.15) is 27.2 Å². The molecule has 0 radical (unpaired) electrons. The molecule has 134 valence electrons. The zero-order valence-electron chi connectivity index (χ0n) is 14.1. The van der Waals surface area contributed by atoms with Crippen LogP contribution in [-0.4, -0.2) is 34.3 Å². The summed E-state index contributed by atoms with van der Waals surface area (Å²) in [4.78, 5) is 38.6. The molecule has 1 heterocycles. The van der Waals surface area contributed by atoms with Gasteiger partial charge in [-0.2, -0.15) is 0 Å². The molecule has 3 rings (SSSR count). The standard InChI is InChI=1S/C17H18Cl2N2O4/c1-15(2)13(23)20-10-6-4-5-7-11(10)21(15)12(22)8-25-14(24)16(3)9-17(16,18)19/h4-7H,8-9H2,1-3H3,(H,20,23)/t16-/m0/s1. The van der Waals surface area contributed by atoms with Crippen molar-refractivity contribution in [3.8, 4) is 0 Å². The Morgan fingerprint density at radius 2 is 1.84 bits per heavy atom. The Morgan fingerprint density at radius 1 is 1.24 bits per heavy atom. The normalized spacial score (nSPS) is 25.6. The first-order valence-electron chi connectivity index (χ1n) is 7.79. The van der Waals surface area contributed by atoms with E-state index in [-0.39, 0.29) is 12.3 Å². The van der Waals surface area contributed by atoms with E-state index < -0.39 is 33.8 Å². The van der Waals surface area contributed by atoms with E-state index >= 15 is 0 Å². The number of hydrogen-bond acceptors (Lipinski definition) is 4. The largest absolute Gasteiger partial charge is 0.455 e. The molecule has 2 amide bonds. The molecule has 1 fully saturated rings. The highest BCUT2D eigenvalue weighted by Gasteiger charge is 2.69. The third kappa shape index (κ3) is 2.77. The molecular weight excluding hydrogens is 367 g/mol. The van der Waals surface area contributed by atoms with Gasteiger partial charge in [0.2, 0.25) is 5.91 Å². The maximum absolute atomic E-state index is 12.7. The maximum atomic E-state index is 12.7. The molecule has 8 heteroatoms. The van der Waals surface area contributed by atoms with E-state index in [1.54, 1.807) is 45.0 Å². The van der Waals surface area contributed by atoms with Crippen molar-refractivity contribution >= 4 is 52.4 Å². The summed E-state index contributed by atoms with van der Waals surface area (Å²) in [5.74, 6) is -1.45. The van der Waals surface area contributed by atoms with Crippen LogP contribution < -0.4 is 10.2 Å². The second kappa shape index (κ2) is 5.61. The van der Waals surface area contributed by atoms with Crippen molar-refractivity contribution in [3.63, 3.8) is 0 Å². The lowest BCUT2D eigenvalue weighted by atomic mass is 9.96. The van der Waals surface area contributed by atoms with Crippen molar-refractivity contribution in [2.45, 2.75) is 37.1 Å². The quantitative estimate of drug-likeness (QED) is 0.641. The maximum Gasteiger partial charge on any atom is 0.315 e. The minimum Gasteiger partial charge on any atom is -0.455 e. The van der Waals surface area contributed by atoms with Gasteiger partial charge in [0, 0.05) is 6.42 Å². The van der Waals surface area contributed by atoms with Gasteiger partial charge in [-0.05, 0) is 32.9 Å². The average molecular weight is 385 g/mol. The monoisotopic (exact) mass is 384 g/mol. The average Bonchev–Trinajstić information content (AvgIpc) is 3.05. The molecule has 2 aliphatic rings. The molecule has 1 atom stereocenters. The van der Waals surface area contributed by atoms with Gasteiger partial charge in [-0.1, -0.05) is 12.1 Å². The summed E-state index contributed by atoms with van der Waals surface area (Å²) in [6.45, 7) is 4.35. The van der Waals surface area contributed by atoms with Gasteiger partial charge < -0.3 is 10.1 Å². The first-order chi connectivity index (χ1) is 11.5. The second-order valence-corrected chi connectivity index (χ2v) is 8.53. The Morgan fingerprint density at radius 3 is 2.44 bits per heavy atom. The lowest BCUT2D eigenvalue weighted by molar-refractivity contribution is -0.153. The summed E-state index contributed by atoms with van der Waals surface area (Å²) in [5, 5.41) is 2.77. The van der Waals surface area contributed by atoms with E-state index in [1.165, 1.54) is 4.90 Å². The molecule has 0 unspecified atom stereocenters. The number of alkyl halides is 2. The van der Waals surface area contributed by atoms with Crippen LogP contribution in [0.25, 0.3) is 0 Å². The SMILES string of the molecule is CC1(C)C(=O)Nc2ccccc2N1C(=O)COC(=O)[C@]1(C)CC1(Cl)Cl. The Balaban J connectivity index is 1.79. The fraction of sp³-hybridized carbons (Fsp3) is 0.471. The zero-order chi connectivity index (χ0) is 18.6. The summed E-state index contributed by atoms with van der Waals surface area (Å²) in [6, 6.07) is 6.95. The van der Waals surface area contributed by atoms with E-state index in [0.29, 0.717) is 11.4 Å². The van der Waals surface area contributed by atoms with Gasteiger partial charge in [0.25, 0.3) is 5.91 Å². The molecule has 0 aromatic heterocycles. The third-order valence-corrected chi connectivity index (χ3v) is 5.89. The molecule has 1 saturated carbocycles. The van der Waals surface area contributed by atoms with Crippen LogP contribution in [0.3, 0.4) is 0 Å². The Labute approximate surface area is 155 Å². The smallest absolute Gasteiger partial charge is 0.315 e. The van der Waals surface area contributed by atoms with Gasteiger partial charge in [-0.25, -0.2) is 0 Å². The van der Waals surface area contributed by atoms with E-state index in [4.69, 9.17) is 27.9 Å².